The van der Waals surface area contributed by atoms with Gasteiger partial charge in [-0.15, -0.1) is 10.2 Å². The zero-order valence-corrected chi connectivity index (χ0v) is 14.2. The minimum absolute atomic E-state index is 0.758. The minimum atomic E-state index is 0.758. The fourth-order valence-corrected chi connectivity index (χ4v) is 3.94. The number of nitrogens with one attached hydrogen (secondary N) is 1. The summed E-state index contributed by atoms with van der Waals surface area (Å²) in [6, 6.07) is 6.91. The molecule has 2 aromatic rings. The van der Waals surface area contributed by atoms with Crippen LogP contribution in [0.5, 0.6) is 0 Å². The Bertz CT molecular complexity index is 561. The molecule has 0 saturated heterocycles. The molecular weight excluding hydrogens is 390 g/mol. The van der Waals surface area contributed by atoms with Crippen molar-refractivity contribution in [2.24, 2.45) is 0 Å². The highest BCUT2D eigenvalue weighted by Gasteiger charge is 2.19. The van der Waals surface area contributed by atoms with E-state index in [-0.39, 0.29) is 0 Å². The van der Waals surface area contributed by atoms with Crippen LogP contribution < -0.4 is 5.32 Å². The van der Waals surface area contributed by atoms with E-state index in [1.54, 1.807) is 11.3 Å². The third kappa shape index (κ3) is 3.84. The molecule has 0 bridgehead atoms. The van der Waals surface area contributed by atoms with Gasteiger partial charge in [0.2, 0.25) is 0 Å². The average Bonchev–Trinajstić information content (AvgIpc) is 3.04. The maximum Gasteiger partial charge on any atom is 0.147 e. The number of aromatic nitrogens is 2. The van der Waals surface area contributed by atoms with Gasteiger partial charge < -0.3 is 5.32 Å². The van der Waals surface area contributed by atoms with Crippen molar-refractivity contribution in [2.45, 2.75) is 25.3 Å². The van der Waals surface area contributed by atoms with Gasteiger partial charge in [-0.1, -0.05) is 43.2 Å². The number of halogens is 2. The molecule has 3 rings (SSSR count). The largest absolute Gasteiger partial charge is 0.314 e. The normalized spacial score (nSPS) is 14.8. The van der Waals surface area contributed by atoms with Crippen LogP contribution in [0.25, 0.3) is 10.6 Å². The first kappa shape index (κ1) is 13.7. The van der Waals surface area contributed by atoms with Crippen molar-refractivity contribution in [1.29, 1.82) is 0 Å². The third-order valence-electron chi connectivity index (χ3n) is 2.93. The van der Waals surface area contributed by atoms with Crippen LogP contribution in [-0.4, -0.2) is 22.8 Å². The Labute approximate surface area is 133 Å². The Kier molecular flexibility index (Phi) is 4.31. The molecule has 0 radical (unpaired) electrons. The molecule has 1 saturated carbocycles. The lowest BCUT2D eigenvalue weighted by Crippen LogP contribution is -2.19. The van der Waals surface area contributed by atoms with Gasteiger partial charge in [0, 0.05) is 33.5 Å². The molecule has 3 nitrogen and oxygen atoms in total. The second-order valence-electron chi connectivity index (χ2n) is 4.64. The molecule has 100 valence electrons. The molecule has 1 N–H and O–H groups in total. The van der Waals surface area contributed by atoms with Crippen LogP contribution in [0.15, 0.2) is 27.1 Å². The van der Waals surface area contributed by atoms with Crippen LogP contribution >= 0.6 is 43.2 Å². The van der Waals surface area contributed by atoms with Crippen LogP contribution in [0.2, 0.25) is 0 Å². The molecular formula is C13H13Br2N3S. The number of benzene rings is 1. The first-order valence-electron chi connectivity index (χ1n) is 6.23. The smallest absolute Gasteiger partial charge is 0.147 e. The van der Waals surface area contributed by atoms with Gasteiger partial charge in [0.25, 0.3) is 0 Å². The Morgan fingerprint density at radius 1 is 1.16 bits per heavy atom. The van der Waals surface area contributed by atoms with Crippen LogP contribution in [-0.2, 0) is 6.42 Å². The topological polar surface area (TPSA) is 37.8 Å². The summed E-state index contributed by atoms with van der Waals surface area (Å²) in [5, 5.41) is 14.1. The lowest BCUT2D eigenvalue weighted by atomic mass is 10.2. The predicted molar refractivity (Wildman–Crippen MR) is 85.5 cm³/mol. The lowest BCUT2D eigenvalue weighted by molar-refractivity contribution is 0.677. The first-order valence-corrected chi connectivity index (χ1v) is 8.63. The van der Waals surface area contributed by atoms with Crippen molar-refractivity contribution in [3.63, 3.8) is 0 Å². The van der Waals surface area contributed by atoms with Crippen LogP contribution in [0.3, 0.4) is 0 Å². The van der Waals surface area contributed by atoms with Crippen molar-refractivity contribution in [3.05, 3.63) is 32.2 Å². The monoisotopic (exact) mass is 401 g/mol. The fourth-order valence-electron chi connectivity index (χ4n) is 1.82. The molecule has 1 aromatic carbocycles. The Morgan fingerprint density at radius 2 is 1.89 bits per heavy atom. The van der Waals surface area contributed by atoms with Gasteiger partial charge in [-0.25, -0.2) is 0 Å². The van der Waals surface area contributed by atoms with Crippen LogP contribution in [0, 0.1) is 0 Å². The summed E-state index contributed by atoms with van der Waals surface area (Å²) in [6.07, 6.45) is 3.62. The van der Waals surface area contributed by atoms with E-state index in [9.17, 15) is 0 Å². The Hall–Kier alpha value is -0.300. The van der Waals surface area contributed by atoms with Crippen LogP contribution in [0.1, 0.15) is 17.8 Å². The second kappa shape index (κ2) is 5.99. The molecule has 0 aliphatic heterocycles. The summed E-state index contributed by atoms with van der Waals surface area (Å²) >= 11 is 8.67. The summed E-state index contributed by atoms with van der Waals surface area (Å²) < 4.78 is 2.09. The summed E-state index contributed by atoms with van der Waals surface area (Å²) in [5.41, 5.74) is 1.10. The van der Waals surface area contributed by atoms with E-state index in [0.717, 1.165) is 43.5 Å². The summed E-state index contributed by atoms with van der Waals surface area (Å²) in [6.45, 7) is 1.00. The first-order chi connectivity index (χ1) is 9.20. The molecule has 6 heteroatoms. The van der Waals surface area contributed by atoms with E-state index in [2.05, 4.69) is 59.5 Å². The maximum atomic E-state index is 4.28. The van der Waals surface area contributed by atoms with Gasteiger partial charge in [0.15, 0.2) is 0 Å². The SMILES string of the molecule is Brc1cc(Br)cc(-c2nnc(CCNC3CC3)s2)c1. The van der Waals surface area contributed by atoms with E-state index in [0.29, 0.717) is 0 Å². The zero-order chi connectivity index (χ0) is 13.2. The Morgan fingerprint density at radius 3 is 2.58 bits per heavy atom. The van der Waals surface area contributed by atoms with Gasteiger partial charge in [-0.05, 0) is 31.0 Å². The van der Waals surface area contributed by atoms with Crippen molar-refractivity contribution in [2.75, 3.05) is 6.54 Å². The predicted octanol–water partition coefficient (Wildman–Crippen LogP) is 4.02. The molecule has 1 aliphatic rings. The highest BCUT2D eigenvalue weighted by atomic mass is 79.9. The van der Waals surface area contributed by atoms with Crippen molar-refractivity contribution >= 4 is 43.2 Å². The Balaban J connectivity index is 1.68. The molecule has 0 spiro atoms. The third-order valence-corrected chi connectivity index (χ3v) is 4.87. The average molecular weight is 403 g/mol. The van der Waals surface area contributed by atoms with Gasteiger partial charge >= 0.3 is 0 Å². The molecule has 1 fully saturated rings. The lowest BCUT2D eigenvalue weighted by Gasteiger charge is -1.99. The fraction of sp³-hybridized carbons (Fsp3) is 0.385. The molecule has 1 heterocycles. The van der Waals surface area contributed by atoms with Gasteiger partial charge in [0.05, 0.1) is 0 Å². The quantitative estimate of drug-likeness (QED) is 0.820. The van der Waals surface area contributed by atoms with Crippen molar-refractivity contribution in [1.82, 2.24) is 15.5 Å². The van der Waals surface area contributed by atoms with Crippen molar-refractivity contribution in [3.8, 4) is 10.6 Å². The minimum Gasteiger partial charge on any atom is -0.314 e. The molecule has 1 aromatic heterocycles. The molecule has 0 atom stereocenters. The number of hydrogen-bond donors (Lipinski definition) is 1. The molecule has 19 heavy (non-hydrogen) atoms. The standard InChI is InChI=1S/C13H13Br2N3S/c14-9-5-8(6-10(15)7-9)13-18-17-12(19-13)3-4-16-11-1-2-11/h5-7,11,16H,1-4H2. The van der Waals surface area contributed by atoms with E-state index in [1.165, 1.54) is 12.8 Å². The maximum absolute atomic E-state index is 4.28. The number of nitrogens with zero attached hydrogens (tertiary/aromatic N) is 2. The second-order valence-corrected chi connectivity index (χ2v) is 7.53. The van der Waals surface area contributed by atoms with Crippen LogP contribution in [0.4, 0.5) is 0 Å². The van der Waals surface area contributed by atoms with E-state index in [4.69, 9.17) is 0 Å². The molecule has 0 amide bonds. The van der Waals surface area contributed by atoms with E-state index >= 15 is 0 Å². The van der Waals surface area contributed by atoms with Gasteiger partial charge in [-0.3, -0.25) is 0 Å². The molecule has 0 unspecified atom stereocenters. The van der Waals surface area contributed by atoms with Gasteiger partial charge in [0.1, 0.15) is 10.0 Å². The summed E-state index contributed by atoms with van der Waals surface area (Å²) in [7, 11) is 0. The summed E-state index contributed by atoms with van der Waals surface area (Å²) in [4.78, 5) is 0. The highest BCUT2D eigenvalue weighted by Crippen LogP contribution is 2.29. The van der Waals surface area contributed by atoms with E-state index in [1.807, 2.05) is 6.07 Å². The highest BCUT2D eigenvalue weighted by molar-refractivity contribution is 9.11. The summed E-state index contributed by atoms with van der Waals surface area (Å²) in [5.74, 6) is 0. The number of hydrogen-bond acceptors (Lipinski definition) is 4. The molecule has 1 aliphatic carbocycles. The van der Waals surface area contributed by atoms with Crippen molar-refractivity contribution < 1.29 is 0 Å². The number of rotatable bonds is 5. The van der Waals surface area contributed by atoms with Gasteiger partial charge in [-0.2, -0.15) is 0 Å². The zero-order valence-electron chi connectivity index (χ0n) is 10.2. The van der Waals surface area contributed by atoms with E-state index < -0.39 is 0 Å².